The number of carbonyl (C=O) groups excluding carboxylic acids is 1. The molecule has 2 unspecified atom stereocenters. The second-order valence-corrected chi connectivity index (χ2v) is 7.35. The number of hydrogen-bond donors (Lipinski definition) is 1. The fourth-order valence-electron chi connectivity index (χ4n) is 1.18. The molecule has 0 aliphatic carbocycles. The summed E-state index contributed by atoms with van der Waals surface area (Å²) in [5.41, 5.74) is 0. The maximum absolute atomic E-state index is 11.4. The van der Waals surface area contributed by atoms with E-state index < -0.39 is 10.8 Å². The van der Waals surface area contributed by atoms with Crippen LogP contribution in [0.4, 0.5) is 0 Å². The third-order valence-electron chi connectivity index (χ3n) is 2.21. The molecule has 0 aromatic heterocycles. The standard InChI is InChI=1S/C11H21NO2S3/c1-4-10(13)9(2)16-11(15)12-7-5-6-8-17(3)14/h9H,4-8H2,1-3H3,(H,12,15). The summed E-state index contributed by atoms with van der Waals surface area (Å²) >= 11 is 6.55. The van der Waals surface area contributed by atoms with Crippen LogP contribution in [0.3, 0.4) is 0 Å². The van der Waals surface area contributed by atoms with E-state index in [0.29, 0.717) is 10.7 Å². The number of thiocarbonyl (C=S) groups is 1. The minimum absolute atomic E-state index is 0.0665. The predicted molar refractivity (Wildman–Crippen MR) is 81.1 cm³/mol. The molecule has 0 spiro atoms. The Kier molecular flexibility index (Phi) is 10.1. The maximum Gasteiger partial charge on any atom is 0.145 e. The average Bonchev–Trinajstić information content (AvgIpc) is 2.26. The van der Waals surface area contributed by atoms with Crippen molar-refractivity contribution in [3.63, 3.8) is 0 Å². The predicted octanol–water partition coefficient (Wildman–Crippen LogP) is 2.12. The smallest absolute Gasteiger partial charge is 0.145 e. The first kappa shape index (κ1) is 17.1. The Bertz CT molecular complexity index is 282. The van der Waals surface area contributed by atoms with Crippen molar-refractivity contribution in [3.8, 4) is 0 Å². The van der Waals surface area contributed by atoms with E-state index in [1.54, 1.807) is 6.26 Å². The van der Waals surface area contributed by atoms with Crippen molar-refractivity contribution >= 4 is 44.9 Å². The van der Waals surface area contributed by atoms with Gasteiger partial charge >= 0.3 is 0 Å². The van der Waals surface area contributed by atoms with Crippen LogP contribution in [0, 0.1) is 0 Å². The van der Waals surface area contributed by atoms with E-state index in [9.17, 15) is 9.00 Å². The van der Waals surface area contributed by atoms with Crippen LogP contribution in [0.15, 0.2) is 0 Å². The zero-order valence-electron chi connectivity index (χ0n) is 10.7. The van der Waals surface area contributed by atoms with Gasteiger partial charge in [0.05, 0.1) is 5.25 Å². The van der Waals surface area contributed by atoms with Crippen LogP contribution < -0.4 is 5.32 Å². The Morgan fingerprint density at radius 3 is 2.65 bits per heavy atom. The lowest BCUT2D eigenvalue weighted by Crippen LogP contribution is -2.24. The number of carbonyl (C=O) groups is 1. The molecule has 0 rings (SSSR count). The monoisotopic (exact) mass is 295 g/mol. The molecule has 0 heterocycles. The lowest BCUT2D eigenvalue weighted by Gasteiger charge is -2.11. The van der Waals surface area contributed by atoms with Crippen LogP contribution in [-0.2, 0) is 15.6 Å². The SMILES string of the molecule is CCC(=O)C(C)SC(=S)NCCCCS(C)=O. The van der Waals surface area contributed by atoms with Crippen molar-refractivity contribution < 1.29 is 9.00 Å². The summed E-state index contributed by atoms with van der Waals surface area (Å²) in [6.07, 6.45) is 4.16. The highest BCUT2D eigenvalue weighted by atomic mass is 32.2. The quantitative estimate of drug-likeness (QED) is 0.549. The van der Waals surface area contributed by atoms with Crippen molar-refractivity contribution in [2.24, 2.45) is 0 Å². The molecule has 0 aliphatic heterocycles. The van der Waals surface area contributed by atoms with Gasteiger partial charge in [0.25, 0.3) is 0 Å². The van der Waals surface area contributed by atoms with Crippen molar-refractivity contribution in [2.45, 2.75) is 38.4 Å². The molecule has 0 aliphatic rings. The molecule has 6 heteroatoms. The molecule has 0 radical (unpaired) electrons. The number of unbranched alkanes of at least 4 members (excludes halogenated alkanes) is 1. The molecule has 0 amide bonds. The van der Waals surface area contributed by atoms with Gasteiger partial charge in [0, 0.05) is 35.8 Å². The summed E-state index contributed by atoms with van der Waals surface area (Å²) in [6.45, 7) is 4.53. The van der Waals surface area contributed by atoms with E-state index in [2.05, 4.69) is 5.32 Å². The van der Waals surface area contributed by atoms with Crippen molar-refractivity contribution in [3.05, 3.63) is 0 Å². The highest BCUT2D eigenvalue weighted by Gasteiger charge is 2.13. The van der Waals surface area contributed by atoms with Crippen LogP contribution >= 0.6 is 24.0 Å². The van der Waals surface area contributed by atoms with E-state index in [1.165, 1.54) is 11.8 Å². The van der Waals surface area contributed by atoms with Crippen LogP contribution in [-0.4, -0.2) is 38.1 Å². The van der Waals surface area contributed by atoms with Gasteiger partial charge in [-0.3, -0.25) is 9.00 Å². The van der Waals surface area contributed by atoms with Gasteiger partial charge in [0.2, 0.25) is 0 Å². The Hall–Kier alpha value is 0.0600. The van der Waals surface area contributed by atoms with Crippen LogP contribution in [0.25, 0.3) is 0 Å². The summed E-state index contributed by atoms with van der Waals surface area (Å²) in [7, 11) is -0.707. The Labute approximate surface area is 116 Å². The topological polar surface area (TPSA) is 46.2 Å². The minimum atomic E-state index is -0.707. The molecule has 0 fully saturated rings. The number of rotatable bonds is 8. The molecule has 0 bridgehead atoms. The summed E-state index contributed by atoms with van der Waals surface area (Å²) in [5.74, 6) is 0.965. The van der Waals surface area contributed by atoms with Gasteiger partial charge in [-0.2, -0.15) is 0 Å². The van der Waals surface area contributed by atoms with Gasteiger partial charge in [0.1, 0.15) is 10.1 Å². The molecule has 0 aromatic carbocycles. The lowest BCUT2D eigenvalue weighted by atomic mass is 10.2. The Morgan fingerprint density at radius 2 is 2.12 bits per heavy atom. The summed E-state index contributed by atoms with van der Waals surface area (Å²) in [4.78, 5) is 11.4. The largest absolute Gasteiger partial charge is 0.371 e. The highest BCUT2D eigenvalue weighted by molar-refractivity contribution is 8.23. The van der Waals surface area contributed by atoms with E-state index in [0.717, 1.165) is 25.1 Å². The number of thioether (sulfide) groups is 1. The van der Waals surface area contributed by atoms with Gasteiger partial charge in [-0.15, -0.1) is 0 Å². The molecule has 0 saturated carbocycles. The Morgan fingerprint density at radius 1 is 1.47 bits per heavy atom. The zero-order valence-corrected chi connectivity index (χ0v) is 13.1. The second kappa shape index (κ2) is 10.0. The number of ketones is 1. The molecule has 100 valence electrons. The van der Waals surface area contributed by atoms with Crippen molar-refractivity contribution in [1.82, 2.24) is 5.32 Å². The van der Waals surface area contributed by atoms with Gasteiger partial charge in [-0.1, -0.05) is 30.9 Å². The zero-order chi connectivity index (χ0) is 13.3. The maximum atomic E-state index is 11.4. The number of nitrogens with one attached hydrogen (secondary N) is 1. The lowest BCUT2D eigenvalue weighted by molar-refractivity contribution is -0.117. The van der Waals surface area contributed by atoms with E-state index in [1.807, 2.05) is 13.8 Å². The van der Waals surface area contributed by atoms with Gasteiger partial charge < -0.3 is 5.32 Å². The summed E-state index contributed by atoms with van der Waals surface area (Å²) in [5, 5.41) is 3.04. The number of hydrogen-bond acceptors (Lipinski definition) is 4. The highest BCUT2D eigenvalue weighted by Crippen LogP contribution is 2.13. The molecule has 2 atom stereocenters. The molecule has 3 nitrogen and oxygen atoms in total. The van der Waals surface area contributed by atoms with Crippen LogP contribution in [0.5, 0.6) is 0 Å². The van der Waals surface area contributed by atoms with E-state index in [-0.39, 0.29) is 11.0 Å². The first-order chi connectivity index (χ1) is 7.97. The molecular weight excluding hydrogens is 274 g/mol. The van der Waals surface area contributed by atoms with Crippen LogP contribution in [0.2, 0.25) is 0 Å². The average molecular weight is 295 g/mol. The molecule has 0 saturated heterocycles. The third kappa shape index (κ3) is 9.73. The Balaban J connectivity index is 3.59. The molecular formula is C11H21NO2S3. The van der Waals surface area contributed by atoms with E-state index >= 15 is 0 Å². The van der Waals surface area contributed by atoms with E-state index in [4.69, 9.17) is 12.2 Å². The van der Waals surface area contributed by atoms with Crippen molar-refractivity contribution in [2.75, 3.05) is 18.6 Å². The van der Waals surface area contributed by atoms with Gasteiger partial charge in [0.15, 0.2) is 0 Å². The summed E-state index contributed by atoms with van der Waals surface area (Å²) < 4.78 is 11.5. The van der Waals surface area contributed by atoms with Gasteiger partial charge in [-0.25, -0.2) is 0 Å². The first-order valence-electron chi connectivity index (χ1n) is 5.74. The summed E-state index contributed by atoms with van der Waals surface area (Å²) in [6, 6.07) is 0. The fourth-order valence-corrected chi connectivity index (χ4v) is 3.13. The molecule has 17 heavy (non-hydrogen) atoms. The first-order valence-corrected chi connectivity index (χ1v) is 8.76. The molecule has 1 N–H and O–H groups in total. The normalized spacial score (nSPS) is 14.1. The van der Waals surface area contributed by atoms with Gasteiger partial charge in [-0.05, 0) is 19.8 Å². The number of Topliss-reactive ketones (excluding diaryl/α,β-unsaturated/α-hetero) is 1. The van der Waals surface area contributed by atoms with Crippen LogP contribution in [0.1, 0.15) is 33.1 Å². The molecule has 0 aromatic rings. The third-order valence-corrected chi connectivity index (χ3v) is 4.49. The fraction of sp³-hybridized carbons (Fsp3) is 0.818. The minimum Gasteiger partial charge on any atom is -0.371 e. The second-order valence-electron chi connectivity index (χ2n) is 3.78. The van der Waals surface area contributed by atoms with Crippen molar-refractivity contribution in [1.29, 1.82) is 0 Å².